The lowest BCUT2D eigenvalue weighted by Gasteiger charge is -2.26. The van der Waals surface area contributed by atoms with E-state index in [1.807, 2.05) is 0 Å². The quantitative estimate of drug-likeness (QED) is 0.222. The molecule has 1 heterocycles. The molecule has 9 heteroatoms. The van der Waals surface area contributed by atoms with Crippen molar-refractivity contribution < 1.29 is 33.4 Å². The van der Waals surface area contributed by atoms with E-state index >= 15 is 0 Å². The summed E-state index contributed by atoms with van der Waals surface area (Å²) in [5, 5.41) is 0. The van der Waals surface area contributed by atoms with Crippen LogP contribution in [-0.2, 0) is 19.1 Å². The first-order valence-corrected chi connectivity index (χ1v) is 12.2. The molecule has 2 saturated carbocycles. The highest BCUT2D eigenvalue weighted by Gasteiger charge is 2.68. The number of benzene rings is 2. The molecule has 1 saturated heterocycles. The second kappa shape index (κ2) is 8.68. The van der Waals surface area contributed by atoms with E-state index in [-0.39, 0.29) is 40.3 Å². The van der Waals surface area contributed by atoms with Gasteiger partial charge in [-0.3, -0.25) is 14.4 Å². The van der Waals surface area contributed by atoms with Gasteiger partial charge in [0.2, 0.25) is 0 Å². The van der Waals surface area contributed by atoms with Crippen LogP contribution in [0.4, 0.5) is 0 Å². The predicted molar refractivity (Wildman–Crippen MR) is 122 cm³/mol. The third kappa shape index (κ3) is 4.01. The maximum Gasteiger partial charge on any atom is 0.343 e. The molecule has 0 N–H and O–H groups in total. The van der Waals surface area contributed by atoms with Gasteiger partial charge in [0.05, 0.1) is 22.2 Å². The zero-order valence-corrected chi connectivity index (χ0v) is 20.3. The van der Waals surface area contributed by atoms with Crippen LogP contribution in [0.1, 0.15) is 27.1 Å². The molecule has 6 atom stereocenters. The SMILES string of the molecule is O=C(COC(=O)[C@@H]1[C@H]2C[C@H]3[C@H](OC(=O)[C@@H]31)[C@@H]2Br)c1ccc(OC(=O)c2ccc(Br)cc2)cc1. The summed E-state index contributed by atoms with van der Waals surface area (Å²) in [6.45, 7) is -0.428. The number of fused-ring (bicyclic) bond motifs is 1. The van der Waals surface area contributed by atoms with Gasteiger partial charge in [0, 0.05) is 16.0 Å². The molecule has 7 nitrogen and oxygen atoms in total. The highest BCUT2D eigenvalue weighted by Crippen LogP contribution is 2.60. The maximum absolute atomic E-state index is 12.7. The molecule has 2 bridgehead atoms. The van der Waals surface area contributed by atoms with Crippen molar-refractivity contribution in [2.75, 3.05) is 6.61 Å². The molecule has 3 fully saturated rings. The molecule has 2 aromatic carbocycles. The molecule has 0 radical (unpaired) electrons. The second-order valence-electron chi connectivity index (χ2n) is 8.41. The Hall–Kier alpha value is -2.52. The van der Waals surface area contributed by atoms with Crippen LogP contribution in [0.2, 0.25) is 0 Å². The van der Waals surface area contributed by atoms with Crippen LogP contribution >= 0.6 is 31.9 Å². The number of carbonyl (C=O) groups is 4. The minimum absolute atomic E-state index is 0.0289. The number of rotatable bonds is 6. The van der Waals surface area contributed by atoms with Crippen molar-refractivity contribution >= 4 is 55.6 Å². The van der Waals surface area contributed by atoms with E-state index in [1.54, 1.807) is 24.3 Å². The summed E-state index contributed by atoms with van der Waals surface area (Å²) < 4.78 is 16.9. The molecule has 5 rings (SSSR count). The van der Waals surface area contributed by atoms with Crippen molar-refractivity contribution in [3.8, 4) is 5.75 Å². The standard InChI is InChI=1S/C24H18Br2O7/c25-13-5-1-12(2-6-13)22(28)32-14-7-3-11(4-8-14)17(27)10-31-23(29)18-15-9-16-19(18)24(30)33-21(16)20(15)26/h1-8,15-16,18-21H,9-10H2/t15-,16-,18-,19+,20-,21+/m1/s1. The molecule has 0 amide bonds. The molecule has 0 aromatic heterocycles. The fourth-order valence-corrected chi connectivity index (χ4v) is 6.38. The Balaban J connectivity index is 1.17. The normalized spacial score (nSPS) is 29.0. The highest BCUT2D eigenvalue weighted by molar-refractivity contribution is 9.10. The molecule has 0 unspecified atom stereocenters. The first-order chi connectivity index (χ1) is 15.8. The first-order valence-electron chi connectivity index (χ1n) is 10.5. The number of esters is 3. The Labute approximate surface area is 206 Å². The number of alkyl halides is 1. The van der Waals surface area contributed by atoms with Crippen LogP contribution in [0.5, 0.6) is 5.75 Å². The van der Waals surface area contributed by atoms with Crippen molar-refractivity contribution in [3.63, 3.8) is 0 Å². The summed E-state index contributed by atoms with van der Waals surface area (Å²) in [6.07, 6.45) is 0.570. The van der Waals surface area contributed by atoms with Gasteiger partial charge in [-0.1, -0.05) is 31.9 Å². The summed E-state index contributed by atoms with van der Waals surface area (Å²) in [6, 6.07) is 12.8. The van der Waals surface area contributed by atoms with Crippen molar-refractivity contribution in [1.82, 2.24) is 0 Å². The van der Waals surface area contributed by atoms with Crippen molar-refractivity contribution in [2.45, 2.75) is 17.4 Å². The fraction of sp³-hybridized carbons (Fsp3) is 0.333. The monoisotopic (exact) mass is 576 g/mol. The van der Waals surface area contributed by atoms with Crippen LogP contribution in [0, 0.1) is 23.7 Å². The number of ketones is 1. The van der Waals surface area contributed by atoms with E-state index in [0.29, 0.717) is 11.1 Å². The van der Waals surface area contributed by atoms with E-state index in [4.69, 9.17) is 14.2 Å². The highest BCUT2D eigenvalue weighted by atomic mass is 79.9. The summed E-state index contributed by atoms with van der Waals surface area (Å²) in [5.74, 6) is -2.56. The van der Waals surface area contributed by atoms with Gasteiger partial charge in [0.25, 0.3) is 0 Å². The number of hydrogen-bond donors (Lipinski definition) is 0. The number of Topliss-reactive ketones (excluding diaryl/α,β-unsaturated/α-hetero) is 1. The van der Waals surface area contributed by atoms with Crippen LogP contribution < -0.4 is 4.74 Å². The Morgan fingerprint density at radius 3 is 2.33 bits per heavy atom. The Bertz CT molecular complexity index is 1130. The third-order valence-electron chi connectivity index (χ3n) is 6.61. The van der Waals surface area contributed by atoms with Crippen molar-refractivity contribution in [2.24, 2.45) is 23.7 Å². The van der Waals surface area contributed by atoms with E-state index in [1.165, 1.54) is 24.3 Å². The van der Waals surface area contributed by atoms with Crippen LogP contribution in [0.3, 0.4) is 0 Å². The molecule has 2 aromatic rings. The van der Waals surface area contributed by atoms with Gasteiger partial charge in [0.15, 0.2) is 12.4 Å². The minimum Gasteiger partial charge on any atom is -0.461 e. The molecular weight excluding hydrogens is 560 g/mol. The van der Waals surface area contributed by atoms with Gasteiger partial charge < -0.3 is 14.2 Å². The van der Waals surface area contributed by atoms with Crippen LogP contribution in [-0.4, -0.2) is 41.2 Å². The zero-order chi connectivity index (χ0) is 23.3. The topological polar surface area (TPSA) is 96.0 Å². The Morgan fingerprint density at radius 2 is 1.64 bits per heavy atom. The Kier molecular flexibility index (Phi) is 5.86. The van der Waals surface area contributed by atoms with Gasteiger partial charge >= 0.3 is 17.9 Å². The van der Waals surface area contributed by atoms with Gasteiger partial charge in [-0.2, -0.15) is 0 Å². The van der Waals surface area contributed by atoms with Crippen molar-refractivity contribution in [1.29, 1.82) is 0 Å². The van der Waals surface area contributed by atoms with Gasteiger partial charge in [-0.05, 0) is 60.9 Å². The smallest absolute Gasteiger partial charge is 0.343 e. The van der Waals surface area contributed by atoms with Crippen molar-refractivity contribution in [3.05, 3.63) is 64.1 Å². The zero-order valence-electron chi connectivity index (χ0n) is 17.1. The lowest BCUT2D eigenvalue weighted by Crippen LogP contribution is -2.39. The summed E-state index contributed by atoms with van der Waals surface area (Å²) in [4.78, 5) is 49.5. The third-order valence-corrected chi connectivity index (χ3v) is 8.34. The first kappa shape index (κ1) is 22.3. The molecule has 2 aliphatic carbocycles. The average molecular weight is 578 g/mol. The fourth-order valence-electron chi connectivity index (χ4n) is 5.07. The van der Waals surface area contributed by atoms with Crippen LogP contribution in [0.15, 0.2) is 53.0 Å². The number of ether oxygens (including phenoxy) is 3. The maximum atomic E-state index is 12.7. The van der Waals surface area contributed by atoms with Gasteiger partial charge in [-0.25, -0.2) is 4.79 Å². The molecule has 3 aliphatic rings. The molecule has 170 valence electrons. The lowest BCUT2D eigenvalue weighted by molar-refractivity contribution is -0.154. The molecule has 33 heavy (non-hydrogen) atoms. The summed E-state index contributed by atoms with van der Waals surface area (Å²) >= 11 is 6.86. The number of halogens is 2. The van der Waals surface area contributed by atoms with Gasteiger partial charge in [0.1, 0.15) is 11.9 Å². The molecular formula is C24H18Br2O7. The average Bonchev–Trinajstić information content (AvgIpc) is 3.42. The number of hydrogen-bond acceptors (Lipinski definition) is 7. The largest absolute Gasteiger partial charge is 0.461 e. The lowest BCUT2D eigenvalue weighted by atomic mass is 9.80. The Morgan fingerprint density at radius 1 is 0.970 bits per heavy atom. The number of carbonyl (C=O) groups excluding carboxylic acids is 4. The van der Waals surface area contributed by atoms with Crippen LogP contribution in [0.25, 0.3) is 0 Å². The second-order valence-corrected chi connectivity index (χ2v) is 10.4. The van der Waals surface area contributed by atoms with E-state index < -0.39 is 30.4 Å². The molecule has 0 spiro atoms. The van der Waals surface area contributed by atoms with E-state index in [9.17, 15) is 19.2 Å². The summed E-state index contributed by atoms with van der Waals surface area (Å²) in [5.41, 5.74) is 0.715. The minimum atomic E-state index is -0.584. The van der Waals surface area contributed by atoms with E-state index in [0.717, 1.165) is 10.9 Å². The van der Waals surface area contributed by atoms with E-state index in [2.05, 4.69) is 31.9 Å². The predicted octanol–water partition coefficient (Wildman–Crippen LogP) is 3.97. The molecule has 1 aliphatic heterocycles. The van der Waals surface area contributed by atoms with Gasteiger partial charge in [-0.15, -0.1) is 0 Å². The summed E-state index contributed by atoms with van der Waals surface area (Å²) in [7, 11) is 0.